The first kappa shape index (κ1) is 27.5. The largest absolute Gasteiger partial charge is 0.435 e. The van der Waals surface area contributed by atoms with Gasteiger partial charge in [-0.3, -0.25) is 4.79 Å². The molecular formula is C30H33BrO6. The number of benzene rings is 3. The summed E-state index contributed by atoms with van der Waals surface area (Å²) in [7, 11) is 0. The van der Waals surface area contributed by atoms with Crippen molar-refractivity contribution in [1.82, 2.24) is 0 Å². The summed E-state index contributed by atoms with van der Waals surface area (Å²) in [5, 5.41) is 0.507. The van der Waals surface area contributed by atoms with Crippen LogP contribution in [0.25, 0.3) is 0 Å². The molecule has 3 aromatic rings. The summed E-state index contributed by atoms with van der Waals surface area (Å²) < 4.78 is 31.0. The van der Waals surface area contributed by atoms with Crippen molar-refractivity contribution in [2.24, 2.45) is 5.92 Å². The third kappa shape index (κ3) is 8.22. The lowest BCUT2D eigenvalue weighted by molar-refractivity contribution is -0.293. The summed E-state index contributed by atoms with van der Waals surface area (Å²) in [5.74, 6) is -0.691. The standard InChI is InChI=1S/C30H33BrO6/c1-22(32)36-30-26(17-31)28(34-19-24-13-7-3-8-14-24)29(35-20-25-15-9-4-10-16-25)27(37-30)21-33-18-23-11-5-2-6-12-23/h2-16,26-30H,17-21H2,1H3/t26-,27-,28-,29-,30+/m1/s1. The number of carbonyl (C=O) groups excluding carboxylic acids is 1. The van der Waals surface area contributed by atoms with E-state index in [4.69, 9.17) is 23.7 Å². The molecule has 0 radical (unpaired) electrons. The molecule has 0 aliphatic carbocycles. The average Bonchev–Trinajstić information content (AvgIpc) is 2.92. The van der Waals surface area contributed by atoms with Crippen LogP contribution in [0.1, 0.15) is 23.6 Å². The second kappa shape index (κ2) is 14.4. The zero-order chi connectivity index (χ0) is 25.9. The Hall–Kier alpha value is -2.55. The molecule has 1 aliphatic heterocycles. The molecular weight excluding hydrogens is 536 g/mol. The Morgan fingerprint density at radius 1 is 0.757 bits per heavy atom. The predicted octanol–water partition coefficient (Wildman–Crippen LogP) is 5.67. The third-order valence-electron chi connectivity index (χ3n) is 6.20. The van der Waals surface area contributed by atoms with Crippen molar-refractivity contribution in [1.29, 1.82) is 0 Å². The van der Waals surface area contributed by atoms with Gasteiger partial charge in [0.1, 0.15) is 12.2 Å². The maximum atomic E-state index is 11.9. The van der Waals surface area contributed by atoms with E-state index in [0.717, 1.165) is 16.7 Å². The summed E-state index contributed by atoms with van der Waals surface area (Å²) in [6, 6.07) is 29.9. The van der Waals surface area contributed by atoms with Crippen molar-refractivity contribution in [3.8, 4) is 0 Å². The van der Waals surface area contributed by atoms with Crippen LogP contribution < -0.4 is 0 Å². The zero-order valence-electron chi connectivity index (χ0n) is 20.9. The van der Waals surface area contributed by atoms with E-state index in [9.17, 15) is 4.79 Å². The van der Waals surface area contributed by atoms with E-state index in [0.29, 0.717) is 25.2 Å². The van der Waals surface area contributed by atoms with Crippen LogP contribution >= 0.6 is 15.9 Å². The van der Waals surface area contributed by atoms with Crippen LogP contribution in [0, 0.1) is 5.92 Å². The van der Waals surface area contributed by atoms with Crippen molar-refractivity contribution in [3.63, 3.8) is 0 Å². The fourth-order valence-corrected chi connectivity index (χ4v) is 5.03. The van der Waals surface area contributed by atoms with Crippen LogP contribution in [0.2, 0.25) is 0 Å². The summed E-state index contributed by atoms with van der Waals surface area (Å²) in [6.45, 7) is 2.86. The van der Waals surface area contributed by atoms with Gasteiger partial charge in [-0.15, -0.1) is 0 Å². The minimum absolute atomic E-state index is 0.256. The highest BCUT2D eigenvalue weighted by Gasteiger charge is 2.48. The van der Waals surface area contributed by atoms with Crippen molar-refractivity contribution < 1.29 is 28.5 Å². The van der Waals surface area contributed by atoms with E-state index in [1.807, 2.05) is 91.0 Å². The maximum Gasteiger partial charge on any atom is 0.304 e. The molecule has 0 saturated carbocycles. The second-order valence-electron chi connectivity index (χ2n) is 8.99. The van der Waals surface area contributed by atoms with Crippen LogP contribution in [0.5, 0.6) is 0 Å². The first-order valence-electron chi connectivity index (χ1n) is 12.5. The quantitative estimate of drug-likeness (QED) is 0.207. The van der Waals surface area contributed by atoms with Crippen LogP contribution in [0.3, 0.4) is 0 Å². The number of halogens is 1. The molecule has 5 atom stereocenters. The lowest BCUT2D eigenvalue weighted by atomic mass is 9.91. The number of esters is 1. The minimum Gasteiger partial charge on any atom is -0.435 e. The molecule has 0 aromatic heterocycles. The lowest BCUT2D eigenvalue weighted by Gasteiger charge is -2.45. The van der Waals surface area contributed by atoms with Gasteiger partial charge in [0, 0.05) is 12.3 Å². The molecule has 1 aliphatic rings. The number of rotatable bonds is 12. The normalized spacial score (nSPS) is 23.5. The van der Waals surface area contributed by atoms with Gasteiger partial charge in [-0.05, 0) is 16.7 Å². The monoisotopic (exact) mass is 568 g/mol. The van der Waals surface area contributed by atoms with Gasteiger partial charge in [0.25, 0.3) is 0 Å². The topological polar surface area (TPSA) is 63.2 Å². The Labute approximate surface area is 227 Å². The van der Waals surface area contributed by atoms with Crippen molar-refractivity contribution in [2.45, 2.75) is 51.3 Å². The van der Waals surface area contributed by atoms with Gasteiger partial charge in [-0.25, -0.2) is 0 Å². The summed E-state index contributed by atoms with van der Waals surface area (Å²) in [5.41, 5.74) is 3.16. The molecule has 3 aromatic carbocycles. The number of hydrogen-bond acceptors (Lipinski definition) is 6. The highest BCUT2D eigenvalue weighted by atomic mass is 79.9. The van der Waals surface area contributed by atoms with Gasteiger partial charge in [-0.2, -0.15) is 0 Å². The van der Waals surface area contributed by atoms with Gasteiger partial charge >= 0.3 is 5.97 Å². The molecule has 0 amide bonds. The fraction of sp³-hybridized carbons (Fsp3) is 0.367. The van der Waals surface area contributed by atoms with Crippen LogP contribution in [-0.2, 0) is 48.3 Å². The van der Waals surface area contributed by atoms with Gasteiger partial charge in [0.15, 0.2) is 0 Å². The highest BCUT2D eigenvalue weighted by Crippen LogP contribution is 2.34. The molecule has 6 nitrogen and oxygen atoms in total. The van der Waals surface area contributed by atoms with Crippen molar-refractivity contribution in [3.05, 3.63) is 108 Å². The Morgan fingerprint density at radius 2 is 1.24 bits per heavy atom. The second-order valence-corrected chi connectivity index (χ2v) is 9.64. The number of carbonyl (C=O) groups is 1. The van der Waals surface area contributed by atoms with Crippen LogP contribution in [-0.4, -0.2) is 42.5 Å². The Kier molecular flexibility index (Phi) is 10.7. The van der Waals surface area contributed by atoms with Gasteiger partial charge < -0.3 is 23.7 Å². The van der Waals surface area contributed by atoms with Crippen LogP contribution in [0.15, 0.2) is 91.0 Å². The summed E-state index contributed by atoms with van der Waals surface area (Å²) >= 11 is 3.60. The summed E-state index contributed by atoms with van der Waals surface area (Å²) in [4.78, 5) is 11.9. The van der Waals surface area contributed by atoms with E-state index in [-0.39, 0.29) is 12.5 Å². The molecule has 37 heavy (non-hydrogen) atoms. The van der Waals surface area contributed by atoms with E-state index >= 15 is 0 Å². The van der Waals surface area contributed by atoms with Crippen molar-refractivity contribution in [2.75, 3.05) is 11.9 Å². The van der Waals surface area contributed by atoms with Crippen molar-refractivity contribution >= 4 is 21.9 Å². The first-order valence-corrected chi connectivity index (χ1v) is 13.6. The van der Waals surface area contributed by atoms with E-state index in [1.54, 1.807) is 0 Å². The number of hydrogen-bond donors (Lipinski definition) is 0. The van der Waals surface area contributed by atoms with Crippen LogP contribution in [0.4, 0.5) is 0 Å². The SMILES string of the molecule is CC(=O)O[C@H]1O[C@H](COCc2ccccc2)[C@@H](OCc2ccccc2)[C@H](OCc2ccccc2)[C@H]1CBr. The number of alkyl halides is 1. The van der Waals surface area contributed by atoms with Gasteiger partial charge in [0.2, 0.25) is 6.29 Å². The molecule has 7 heteroatoms. The van der Waals surface area contributed by atoms with Gasteiger partial charge in [0.05, 0.1) is 38.4 Å². The minimum atomic E-state index is -0.792. The molecule has 0 N–H and O–H groups in total. The molecule has 1 fully saturated rings. The molecule has 4 rings (SSSR count). The molecule has 196 valence electrons. The highest BCUT2D eigenvalue weighted by molar-refractivity contribution is 9.09. The molecule has 0 bridgehead atoms. The number of ether oxygens (including phenoxy) is 5. The summed E-state index contributed by atoms with van der Waals surface area (Å²) in [6.07, 6.45) is -2.16. The molecule has 1 saturated heterocycles. The third-order valence-corrected chi connectivity index (χ3v) is 6.94. The molecule has 1 heterocycles. The van der Waals surface area contributed by atoms with E-state index in [1.165, 1.54) is 6.92 Å². The zero-order valence-corrected chi connectivity index (χ0v) is 22.5. The van der Waals surface area contributed by atoms with E-state index in [2.05, 4.69) is 15.9 Å². The Morgan fingerprint density at radius 3 is 1.73 bits per heavy atom. The van der Waals surface area contributed by atoms with Gasteiger partial charge in [-0.1, -0.05) is 107 Å². The molecule has 0 spiro atoms. The Balaban J connectivity index is 1.55. The maximum absolute atomic E-state index is 11.9. The lowest BCUT2D eigenvalue weighted by Crippen LogP contribution is -2.59. The fourth-order valence-electron chi connectivity index (χ4n) is 4.36. The first-order chi connectivity index (χ1) is 18.1. The Bertz CT molecular complexity index is 1070. The predicted molar refractivity (Wildman–Crippen MR) is 144 cm³/mol. The average molecular weight is 569 g/mol. The molecule has 0 unspecified atom stereocenters. The smallest absolute Gasteiger partial charge is 0.304 e. The van der Waals surface area contributed by atoms with E-state index < -0.39 is 30.6 Å².